The Bertz CT molecular complexity index is 1220. The molecular formula is C49H92N2O13P-. The molecule has 0 saturated heterocycles. The van der Waals surface area contributed by atoms with E-state index in [0.717, 1.165) is 38.5 Å². The van der Waals surface area contributed by atoms with Gasteiger partial charge < -0.3 is 43.5 Å². The van der Waals surface area contributed by atoms with Crippen molar-refractivity contribution in [2.45, 2.75) is 226 Å². The predicted molar refractivity (Wildman–Crippen MR) is 253 cm³/mol. The topological polar surface area (TPSA) is 205 Å². The molecule has 15 nitrogen and oxygen atoms in total. The number of carbonyl (C=O) groups excluding carboxylic acids is 5. The van der Waals surface area contributed by atoms with Gasteiger partial charge in [0.15, 0.2) is 6.10 Å². The van der Waals surface area contributed by atoms with Crippen molar-refractivity contribution in [2.24, 2.45) is 0 Å². The van der Waals surface area contributed by atoms with Crippen LogP contribution in [0.2, 0.25) is 0 Å². The number of phosphoric ester groups is 1. The van der Waals surface area contributed by atoms with Crippen LogP contribution in [0.4, 0.5) is 0 Å². The van der Waals surface area contributed by atoms with Crippen molar-refractivity contribution in [3.8, 4) is 0 Å². The van der Waals surface area contributed by atoms with Crippen molar-refractivity contribution >= 4 is 37.4 Å². The Kier molecular flexibility index (Phi) is 44.9. The summed E-state index contributed by atoms with van der Waals surface area (Å²) in [6.45, 7) is 5.94. The number of hydrogen-bond acceptors (Lipinski definition) is 13. The molecule has 0 saturated carbocycles. The molecule has 0 aromatic carbocycles. The van der Waals surface area contributed by atoms with Crippen LogP contribution < -0.4 is 15.5 Å². The quantitative estimate of drug-likeness (QED) is 0.0331. The second kappa shape index (κ2) is 46.7. The summed E-state index contributed by atoms with van der Waals surface area (Å²) in [5, 5.41) is 5.13. The molecule has 2 amide bonds. The first-order chi connectivity index (χ1) is 31.5. The number of Topliss-reactive ketones (excluding diaryl/α,β-unsaturated/α-hetero) is 1. The zero-order valence-electron chi connectivity index (χ0n) is 41.1. The number of carbonyl (C=O) groups is 5. The van der Waals surface area contributed by atoms with Crippen molar-refractivity contribution < 1.29 is 61.4 Å². The molecule has 0 aliphatic heterocycles. The lowest BCUT2D eigenvalue weighted by molar-refractivity contribution is -0.228. The Labute approximate surface area is 393 Å². The average molecular weight is 948 g/mol. The zero-order chi connectivity index (χ0) is 47.9. The zero-order valence-corrected chi connectivity index (χ0v) is 42.0. The van der Waals surface area contributed by atoms with Crippen LogP contribution in [0, 0.1) is 0 Å². The fourth-order valence-electron chi connectivity index (χ4n) is 6.96. The first-order valence-electron chi connectivity index (χ1n) is 25.6. The van der Waals surface area contributed by atoms with E-state index in [9.17, 15) is 33.4 Å². The van der Waals surface area contributed by atoms with Gasteiger partial charge >= 0.3 is 11.9 Å². The third kappa shape index (κ3) is 47.9. The number of ketones is 1. The summed E-state index contributed by atoms with van der Waals surface area (Å²) in [5.74, 6) is -1.74. The minimum atomic E-state index is -4.88. The highest BCUT2D eigenvalue weighted by Gasteiger charge is 2.21. The molecule has 2 atom stereocenters. The van der Waals surface area contributed by atoms with Crippen molar-refractivity contribution in [3.63, 3.8) is 0 Å². The molecule has 0 fully saturated rings. The summed E-state index contributed by atoms with van der Waals surface area (Å²) >= 11 is 0. The number of phosphoric acid groups is 1. The molecule has 0 bridgehead atoms. The Morgan fingerprint density at radius 3 is 1.31 bits per heavy atom. The molecule has 16 heteroatoms. The van der Waals surface area contributed by atoms with Gasteiger partial charge in [-0.2, -0.15) is 0 Å². The number of amides is 2. The Balaban J connectivity index is 4.55. The molecule has 0 aliphatic carbocycles. The fourth-order valence-corrected chi connectivity index (χ4v) is 7.70. The molecular weight excluding hydrogens is 856 g/mol. The van der Waals surface area contributed by atoms with Gasteiger partial charge in [0.25, 0.3) is 7.82 Å². The minimum Gasteiger partial charge on any atom is -0.756 e. The van der Waals surface area contributed by atoms with Gasteiger partial charge in [0.05, 0.1) is 39.6 Å². The van der Waals surface area contributed by atoms with E-state index in [2.05, 4.69) is 24.5 Å². The Morgan fingerprint density at radius 2 is 0.862 bits per heavy atom. The smallest absolute Gasteiger partial charge is 0.306 e. The van der Waals surface area contributed by atoms with Crippen LogP contribution >= 0.6 is 7.82 Å². The molecule has 0 heterocycles. The Morgan fingerprint density at radius 1 is 0.462 bits per heavy atom. The van der Waals surface area contributed by atoms with Crippen LogP contribution in [0.5, 0.6) is 0 Å². The molecule has 0 aromatic heterocycles. The first-order valence-corrected chi connectivity index (χ1v) is 27.1. The SMILES string of the molecule is CCCCCCCCCCCCCCCC(=O)OC[C@H](COP(=O)([O-])OCCNC(=O)CCC(=O)NCCOCCOCCC(C)=O)OC(=O)CCCCCCCCCCCCCCC. The van der Waals surface area contributed by atoms with Gasteiger partial charge in [0, 0.05) is 45.2 Å². The van der Waals surface area contributed by atoms with Gasteiger partial charge in [-0.25, -0.2) is 0 Å². The van der Waals surface area contributed by atoms with E-state index in [1.807, 2.05) is 0 Å². The van der Waals surface area contributed by atoms with Crippen LogP contribution in [0.25, 0.3) is 0 Å². The van der Waals surface area contributed by atoms with Crippen molar-refractivity contribution in [1.29, 1.82) is 0 Å². The van der Waals surface area contributed by atoms with E-state index in [4.69, 9.17) is 28.0 Å². The largest absolute Gasteiger partial charge is 0.756 e. The maximum absolute atomic E-state index is 12.8. The Hall–Kier alpha value is -2.42. The highest BCUT2D eigenvalue weighted by Crippen LogP contribution is 2.38. The summed E-state index contributed by atoms with van der Waals surface area (Å²) in [7, 11) is -4.88. The summed E-state index contributed by atoms with van der Waals surface area (Å²) in [6.07, 6.45) is 30.1. The lowest BCUT2D eigenvalue weighted by Crippen LogP contribution is -2.32. The molecule has 0 rings (SSSR count). The lowest BCUT2D eigenvalue weighted by Gasteiger charge is -2.25. The van der Waals surface area contributed by atoms with Crippen molar-refractivity contribution in [3.05, 3.63) is 0 Å². The molecule has 0 radical (unpaired) electrons. The van der Waals surface area contributed by atoms with E-state index >= 15 is 0 Å². The summed E-state index contributed by atoms with van der Waals surface area (Å²) in [6, 6.07) is 0. The second-order valence-corrected chi connectivity index (χ2v) is 18.6. The molecule has 0 aromatic rings. The maximum atomic E-state index is 12.8. The minimum absolute atomic E-state index is 0.0529. The van der Waals surface area contributed by atoms with Crippen LogP contribution in [0.3, 0.4) is 0 Å². The van der Waals surface area contributed by atoms with Crippen molar-refractivity contribution in [1.82, 2.24) is 10.6 Å². The van der Waals surface area contributed by atoms with Gasteiger partial charge in [-0.1, -0.05) is 168 Å². The van der Waals surface area contributed by atoms with Gasteiger partial charge in [-0.3, -0.25) is 28.5 Å². The summed E-state index contributed by atoms with van der Waals surface area (Å²) < 4.78 is 44.0. The molecule has 0 aliphatic rings. The van der Waals surface area contributed by atoms with Gasteiger partial charge in [-0.05, 0) is 19.8 Å². The van der Waals surface area contributed by atoms with E-state index in [0.29, 0.717) is 39.1 Å². The van der Waals surface area contributed by atoms with E-state index in [-0.39, 0.29) is 63.7 Å². The molecule has 382 valence electrons. The average Bonchev–Trinajstić information content (AvgIpc) is 3.27. The third-order valence-corrected chi connectivity index (χ3v) is 11.9. The number of hydrogen-bond donors (Lipinski definition) is 2. The van der Waals surface area contributed by atoms with Gasteiger partial charge in [-0.15, -0.1) is 0 Å². The first kappa shape index (κ1) is 62.6. The van der Waals surface area contributed by atoms with E-state index in [1.54, 1.807) is 0 Å². The van der Waals surface area contributed by atoms with Crippen LogP contribution in [0.15, 0.2) is 0 Å². The number of rotatable bonds is 50. The molecule has 65 heavy (non-hydrogen) atoms. The number of unbranched alkanes of at least 4 members (excludes halogenated alkanes) is 24. The normalized spacial score (nSPS) is 12.7. The monoisotopic (exact) mass is 948 g/mol. The number of nitrogens with one attached hydrogen (secondary N) is 2. The summed E-state index contributed by atoms with van der Waals surface area (Å²) in [5.41, 5.74) is 0. The maximum Gasteiger partial charge on any atom is 0.306 e. The van der Waals surface area contributed by atoms with Gasteiger partial charge in [0.2, 0.25) is 11.8 Å². The van der Waals surface area contributed by atoms with Gasteiger partial charge in [0.1, 0.15) is 12.4 Å². The number of ether oxygens (including phenoxy) is 4. The highest BCUT2D eigenvalue weighted by atomic mass is 31.2. The van der Waals surface area contributed by atoms with E-state index in [1.165, 1.54) is 122 Å². The summed E-state index contributed by atoms with van der Waals surface area (Å²) in [4.78, 5) is 73.0. The molecule has 0 spiro atoms. The molecule has 2 N–H and O–H groups in total. The fraction of sp³-hybridized carbons (Fsp3) is 0.898. The highest BCUT2D eigenvalue weighted by molar-refractivity contribution is 7.45. The van der Waals surface area contributed by atoms with Crippen LogP contribution in [-0.2, 0) is 56.5 Å². The second-order valence-electron chi connectivity index (χ2n) is 17.2. The van der Waals surface area contributed by atoms with Crippen LogP contribution in [-0.4, -0.2) is 95.0 Å². The van der Waals surface area contributed by atoms with Crippen LogP contribution in [0.1, 0.15) is 220 Å². The van der Waals surface area contributed by atoms with Crippen molar-refractivity contribution in [2.75, 3.05) is 59.3 Å². The van der Waals surface area contributed by atoms with E-state index < -0.39 is 45.0 Å². The third-order valence-electron chi connectivity index (χ3n) is 10.9. The lowest BCUT2D eigenvalue weighted by atomic mass is 10.0. The standard InChI is InChI=1S/C49H93N2O13P/c1-4-6-8-10-12-14-16-18-20-22-24-26-28-30-48(55)61-42-45(64-49(56)31-29-27-25-23-21-19-17-15-13-11-9-7-5-2)43-63-65(57,58)62-39-36-51-47(54)33-32-46(53)50-35-38-60-41-40-59-37-34-44(3)52/h45H,4-43H2,1-3H3,(H,50,53)(H,51,54)(H,57,58)/p-1/t45-/m1/s1. The number of esters is 2. The molecule has 1 unspecified atom stereocenters. The predicted octanol–water partition coefficient (Wildman–Crippen LogP) is 9.93.